The summed E-state index contributed by atoms with van der Waals surface area (Å²) in [4.78, 5) is 22.0. The first-order valence-electron chi connectivity index (χ1n) is 4.24. The van der Waals surface area contributed by atoms with Gasteiger partial charge in [0, 0.05) is 12.8 Å². The van der Waals surface area contributed by atoms with Gasteiger partial charge in [-0.1, -0.05) is 6.92 Å². The molecule has 0 N–H and O–H groups in total. The van der Waals surface area contributed by atoms with E-state index in [1.54, 1.807) is 0 Å². The monoisotopic (exact) mass is 170 g/mol. The van der Waals surface area contributed by atoms with E-state index in [4.69, 9.17) is 0 Å². The van der Waals surface area contributed by atoms with Crippen LogP contribution in [0.15, 0.2) is 0 Å². The van der Waals surface area contributed by atoms with Gasteiger partial charge < -0.3 is 4.74 Å². The minimum atomic E-state index is -0.199. The molecule has 12 heavy (non-hydrogen) atoms. The molecule has 3 nitrogen and oxygen atoms in total. The molecule has 1 saturated carbocycles. The van der Waals surface area contributed by atoms with E-state index in [0.29, 0.717) is 12.8 Å². The lowest BCUT2D eigenvalue weighted by Gasteiger charge is -2.14. The highest BCUT2D eigenvalue weighted by Gasteiger charge is 2.31. The van der Waals surface area contributed by atoms with Gasteiger partial charge in [-0.3, -0.25) is 9.59 Å². The van der Waals surface area contributed by atoms with Gasteiger partial charge >= 0.3 is 5.97 Å². The van der Waals surface area contributed by atoms with Crippen molar-refractivity contribution in [3.63, 3.8) is 0 Å². The van der Waals surface area contributed by atoms with Crippen LogP contribution in [-0.2, 0) is 14.3 Å². The van der Waals surface area contributed by atoms with Crippen molar-refractivity contribution in [2.45, 2.75) is 26.2 Å². The number of rotatable bonds is 2. The van der Waals surface area contributed by atoms with E-state index in [0.717, 1.165) is 6.42 Å². The highest BCUT2D eigenvalue weighted by atomic mass is 16.5. The second-order valence-corrected chi connectivity index (χ2v) is 3.35. The van der Waals surface area contributed by atoms with Gasteiger partial charge in [-0.15, -0.1) is 0 Å². The molecular weight excluding hydrogens is 156 g/mol. The molecule has 0 amide bonds. The molecule has 0 aliphatic heterocycles. The largest absolute Gasteiger partial charge is 0.469 e. The lowest BCUT2D eigenvalue weighted by atomic mass is 9.93. The van der Waals surface area contributed by atoms with Crippen LogP contribution in [0.4, 0.5) is 0 Å². The first kappa shape index (κ1) is 9.23. The summed E-state index contributed by atoms with van der Waals surface area (Å²) in [6.45, 7) is 1.83. The van der Waals surface area contributed by atoms with Crippen molar-refractivity contribution in [1.82, 2.24) is 0 Å². The zero-order valence-corrected chi connectivity index (χ0v) is 7.50. The Kier molecular flexibility index (Phi) is 2.84. The Balaban J connectivity index is 2.48. The number of ether oxygens (including phenoxy) is 1. The molecule has 1 aliphatic rings. The van der Waals surface area contributed by atoms with Crippen LogP contribution >= 0.6 is 0 Å². The van der Waals surface area contributed by atoms with Crippen molar-refractivity contribution in [2.75, 3.05) is 7.11 Å². The summed E-state index contributed by atoms with van der Waals surface area (Å²) in [6, 6.07) is 0. The Morgan fingerprint density at radius 1 is 1.67 bits per heavy atom. The number of esters is 1. The molecule has 0 heterocycles. The quantitative estimate of drug-likeness (QED) is 0.584. The van der Waals surface area contributed by atoms with Crippen LogP contribution in [0.25, 0.3) is 0 Å². The lowest BCUT2D eigenvalue weighted by molar-refractivity contribution is -0.146. The number of Topliss-reactive ketones (excluding diaryl/α,β-unsaturated/α-hetero) is 1. The smallest absolute Gasteiger partial charge is 0.308 e. The van der Waals surface area contributed by atoms with Gasteiger partial charge in [-0.2, -0.15) is 0 Å². The third-order valence-corrected chi connectivity index (χ3v) is 2.56. The number of carbonyl (C=O) groups excluding carboxylic acids is 2. The molecule has 0 aromatic rings. The molecule has 3 heteroatoms. The van der Waals surface area contributed by atoms with Gasteiger partial charge in [0.15, 0.2) is 0 Å². The Morgan fingerprint density at radius 2 is 2.33 bits per heavy atom. The third kappa shape index (κ3) is 1.84. The van der Waals surface area contributed by atoms with Crippen molar-refractivity contribution < 1.29 is 14.3 Å². The minimum absolute atomic E-state index is 0.124. The molecule has 0 aromatic heterocycles. The first-order valence-corrected chi connectivity index (χ1v) is 4.24. The molecule has 0 aromatic carbocycles. The maximum atomic E-state index is 11.1. The van der Waals surface area contributed by atoms with Crippen molar-refractivity contribution in [3.8, 4) is 0 Å². The van der Waals surface area contributed by atoms with Crippen LogP contribution < -0.4 is 0 Å². The maximum absolute atomic E-state index is 11.1. The third-order valence-electron chi connectivity index (χ3n) is 2.56. The zero-order chi connectivity index (χ0) is 9.14. The zero-order valence-electron chi connectivity index (χ0n) is 7.50. The van der Waals surface area contributed by atoms with Gasteiger partial charge in [-0.25, -0.2) is 0 Å². The predicted molar refractivity (Wildman–Crippen MR) is 43.5 cm³/mol. The van der Waals surface area contributed by atoms with Crippen LogP contribution in [0.3, 0.4) is 0 Å². The number of hydrogen-bond acceptors (Lipinski definition) is 3. The second kappa shape index (κ2) is 3.70. The molecule has 0 radical (unpaired) electrons. The Bertz CT molecular complexity index is 198. The van der Waals surface area contributed by atoms with Crippen LogP contribution in [0.5, 0.6) is 0 Å². The molecule has 0 saturated heterocycles. The fourth-order valence-corrected chi connectivity index (χ4v) is 1.65. The van der Waals surface area contributed by atoms with Gasteiger partial charge in [0.2, 0.25) is 0 Å². The van der Waals surface area contributed by atoms with Crippen LogP contribution in [0.2, 0.25) is 0 Å². The standard InChI is InChI=1S/C9H14O3/c1-6(9(11)12-2)7-3-4-8(10)5-7/h6-7H,3-5H2,1-2H3/t6-,7-/m1/s1. The molecule has 2 atom stereocenters. The summed E-state index contributed by atoms with van der Waals surface area (Å²) in [5.74, 6) is 0.164. The van der Waals surface area contributed by atoms with E-state index in [1.165, 1.54) is 7.11 Å². The predicted octanol–water partition coefficient (Wildman–Crippen LogP) is 1.16. The average Bonchev–Trinajstić information content (AvgIpc) is 2.49. The van der Waals surface area contributed by atoms with Crippen molar-refractivity contribution in [3.05, 3.63) is 0 Å². The van der Waals surface area contributed by atoms with E-state index in [-0.39, 0.29) is 23.6 Å². The molecule has 0 bridgehead atoms. The number of carbonyl (C=O) groups is 2. The molecule has 0 unspecified atom stereocenters. The van der Waals surface area contributed by atoms with Crippen LogP contribution in [0, 0.1) is 11.8 Å². The number of ketones is 1. The van der Waals surface area contributed by atoms with E-state index >= 15 is 0 Å². The van der Waals surface area contributed by atoms with E-state index < -0.39 is 0 Å². The highest BCUT2D eigenvalue weighted by molar-refractivity contribution is 5.82. The van der Waals surface area contributed by atoms with Crippen molar-refractivity contribution in [1.29, 1.82) is 0 Å². The molecule has 1 aliphatic carbocycles. The summed E-state index contributed by atoms with van der Waals surface area (Å²) in [5, 5.41) is 0. The summed E-state index contributed by atoms with van der Waals surface area (Å²) in [5.41, 5.74) is 0. The van der Waals surface area contributed by atoms with Crippen molar-refractivity contribution in [2.24, 2.45) is 11.8 Å². The SMILES string of the molecule is COC(=O)[C@H](C)[C@@H]1CCC(=O)C1. The van der Waals surface area contributed by atoms with E-state index in [1.807, 2.05) is 6.92 Å². The Hall–Kier alpha value is -0.860. The summed E-state index contributed by atoms with van der Waals surface area (Å²) in [6.07, 6.45) is 2.03. The van der Waals surface area contributed by atoms with Crippen LogP contribution in [0.1, 0.15) is 26.2 Å². The first-order chi connectivity index (χ1) is 5.65. The molecule has 1 fully saturated rings. The number of hydrogen-bond donors (Lipinski definition) is 0. The highest BCUT2D eigenvalue weighted by Crippen LogP contribution is 2.29. The molecule has 68 valence electrons. The maximum Gasteiger partial charge on any atom is 0.308 e. The number of methoxy groups -OCH3 is 1. The van der Waals surface area contributed by atoms with Crippen LogP contribution in [-0.4, -0.2) is 18.9 Å². The van der Waals surface area contributed by atoms with E-state index in [9.17, 15) is 9.59 Å². The van der Waals surface area contributed by atoms with Gasteiger partial charge in [0.25, 0.3) is 0 Å². The minimum Gasteiger partial charge on any atom is -0.469 e. The van der Waals surface area contributed by atoms with Gasteiger partial charge in [0.1, 0.15) is 5.78 Å². The Morgan fingerprint density at radius 3 is 2.75 bits per heavy atom. The average molecular weight is 170 g/mol. The fraction of sp³-hybridized carbons (Fsp3) is 0.778. The Labute approximate surface area is 72.1 Å². The lowest BCUT2D eigenvalue weighted by Crippen LogP contribution is -2.20. The summed E-state index contributed by atoms with van der Waals surface area (Å²) >= 11 is 0. The van der Waals surface area contributed by atoms with Gasteiger partial charge in [-0.05, 0) is 12.3 Å². The second-order valence-electron chi connectivity index (χ2n) is 3.35. The van der Waals surface area contributed by atoms with E-state index in [2.05, 4.69) is 4.74 Å². The summed E-state index contributed by atoms with van der Waals surface area (Å²) in [7, 11) is 1.38. The molecule has 0 spiro atoms. The summed E-state index contributed by atoms with van der Waals surface area (Å²) < 4.78 is 4.61. The van der Waals surface area contributed by atoms with Gasteiger partial charge in [0.05, 0.1) is 13.0 Å². The fourth-order valence-electron chi connectivity index (χ4n) is 1.65. The van der Waals surface area contributed by atoms with Crippen molar-refractivity contribution >= 4 is 11.8 Å². The molecule has 1 rings (SSSR count). The topological polar surface area (TPSA) is 43.4 Å². The normalized spacial score (nSPS) is 25.5. The molecular formula is C9H14O3.